The van der Waals surface area contributed by atoms with Crippen molar-refractivity contribution in [3.8, 4) is 0 Å². The number of piperidine rings is 1. The minimum Gasteiger partial charge on any atom is -0.396 e. The largest absolute Gasteiger partial charge is 0.396 e. The smallest absolute Gasteiger partial charge is 0.0806 e. The van der Waals surface area contributed by atoms with Crippen LogP contribution in [0.1, 0.15) is 25.7 Å². The van der Waals surface area contributed by atoms with Gasteiger partial charge in [-0.05, 0) is 45.8 Å². The maximum Gasteiger partial charge on any atom is 0.0806 e. The molecule has 1 aliphatic carbocycles. The van der Waals surface area contributed by atoms with E-state index in [-0.39, 0.29) is 36.8 Å². The highest BCUT2D eigenvalue weighted by molar-refractivity contribution is 5.85. The molecule has 0 bridgehead atoms. The van der Waals surface area contributed by atoms with Gasteiger partial charge in [-0.2, -0.15) is 0 Å². The molecule has 1 aliphatic heterocycles. The summed E-state index contributed by atoms with van der Waals surface area (Å²) in [6.07, 6.45) is 1.87. The number of nitrogens with one attached hydrogen (secondary N) is 1. The van der Waals surface area contributed by atoms with Crippen LogP contribution in [0.5, 0.6) is 0 Å². The van der Waals surface area contributed by atoms with Gasteiger partial charge in [0.15, 0.2) is 0 Å². The number of aliphatic hydroxyl groups excluding tert-OH is 3. The van der Waals surface area contributed by atoms with Crippen LogP contribution in [0.4, 0.5) is 0 Å². The van der Waals surface area contributed by atoms with Gasteiger partial charge in [-0.15, -0.1) is 24.8 Å². The molecule has 2 fully saturated rings. The number of rotatable bonds is 4. The lowest BCUT2D eigenvalue weighted by Crippen LogP contribution is -2.45. The summed E-state index contributed by atoms with van der Waals surface area (Å²) in [6.45, 7) is 2.93. The van der Waals surface area contributed by atoms with Crippen molar-refractivity contribution in [3.05, 3.63) is 0 Å². The molecule has 1 saturated carbocycles. The Kier molecular flexibility index (Phi) is 8.90. The zero-order chi connectivity index (χ0) is 13.2. The maximum absolute atomic E-state index is 9.64. The lowest BCUT2D eigenvalue weighted by Gasteiger charge is -2.33. The van der Waals surface area contributed by atoms with Gasteiger partial charge in [0.05, 0.1) is 18.8 Å². The Hall–Kier alpha value is 0.380. The van der Waals surface area contributed by atoms with Crippen molar-refractivity contribution < 1.29 is 15.3 Å². The molecule has 2 rings (SSSR count). The second-order valence-corrected chi connectivity index (χ2v) is 6.16. The van der Waals surface area contributed by atoms with Crippen LogP contribution in [0.3, 0.4) is 0 Å². The SMILES string of the molecule is CN1CCC(NCC2(CO)C[C@@H](O)[C@@H](O)C2)CC1.Cl.Cl. The minimum atomic E-state index is -0.684. The van der Waals surface area contributed by atoms with Crippen molar-refractivity contribution in [2.45, 2.75) is 43.9 Å². The highest BCUT2D eigenvalue weighted by Crippen LogP contribution is 2.37. The predicted octanol–water partition coefficient (Wildman–Crippen LogP) is 0.00810. The summed E-state index contributed by atoms with van der Waals surface area (Å²) in [7, 11) is 2.13. The third-order valence-electron chi connectivity index (χ3n) is 4.55. The number of nitrogens with zero attached hydrogens (tertiary/aromatic N) is 1. The summed E-state index contributed by atoms with van der Waals surface area (Å²) in [5.41, 5.74) is -0.345. The van der Waals surface area contributed by atoms with Gasteiger partial charge in [0.1, 0.15) is 0 Å². The molecule has 3 atom stereocenters. The maximum atomic E-state index is 9.64. The fourth-order valence-corrected chi connectivity index (χ4v) is 3.15. The van der Waals surface area contributed by atoms with E-state index >= 15 is 0 Å². The van der Waals surface area contributed by atoms with E-state index in [1.165, 1.54) is 0 Å². The lowest BCUT2D eigenvalue weighted by atomic mass is 9.86. The molecular weight excluding hydrogens is 303 g/mol. The molecule has 7 heteroatoms. The fourth-order valence-electron chi connectivity index (χ4n) is 3.15. The second kappa shape index (κ2) is 8.73. The molecule has 0 amide bonds. The van der Waals surface area contributed by atoms with Crippen molar-refractivity contribution >= 4 is 24.8 Å². The molecule has 2 aliphatic rings. The number of hydrogen-bond acceptors (Lipinski definition) is 5. The number of halogens is 2. The van der Waals surface area contributed by atoms with Crippen LogP contribution in [0.15, 0.2) is 0 Å². The third-order valence-corrected chi connectivity index (χ3v) is 4.55. The van der Waals surface area contributed by atoms with E-state index in [4.69, 9.17) is 0 Å². The first-order chi connectivity index (χ1) is 8.54. The first-order valence-corrected chi connectivity index (χ1v) is 6.94. The first-order valence-electron chi connectivity index (χ1n) is 6.94. The molecule has 1 unspecified atom stereocenters. The number of aliphatic hydroxyl groups is 3. The topological polar surface area (TPSA) is 76.0 Å². The normalized spacial score (nSPS) is 35.4. The zero-order valence-electron chi connectivity index (χ0n) is 12.0. The quantitative estimate of drug-likeness (QED) is 0.584. The van der Waals surface area contributed by atoms with Crippen LogP contribution in [0, 0.1) is 5.41 Å². The van der Waals surface area contributed by atoms with Crippen molar-refractivity contribution in [2.24, 2.45) is 5.41 Å². The van der Waals surface area contributed by atoms with E-state index in [1.54, 1.807) is 0 Å². The summed E-state index contributed by atoms with van der Waals surface area (Å²) in [4.78, 5) is 2.32. The zero-order valence-corrected chi connectivity index (χ0v) is 13.6. The van der Waals surface area contributed by atoms with E-state index in [0.29, 0.717) is 25.4 Å². The van der Waals surface area contributed by atoms with Gasteiger partial charge < -0.3 is 25.5 Å². The fraction of sp³-hybridized carbons (Fsp3) is 1.00. The Morgan fingerprint density at radius 3 is 2.05 bits per heavy atom. The van der Waals surface area contributed by atoms with Gasteiger partial charge in [0.25, 0.3) is 0 Å². The highest BCUT2D eigenvalue weighted by Gasteiger charge is 2.43. The van der Waals surface area contributed by atoms with Gasteiger partial charge in [0, 0.05) is 18.0 Å². The van der Waals surface area contributed by atoms with Crippen LogP contribution in [0.2, 0.25) is 0 Å². The van der Waals surface area contributed by atoms with Crippen LogP contribution in [-0.2, 0) is 0 Å². The molecule has 1 saturated heterocycles. The molecule has 0 spiro atoms. The van der Waals surface area contributed by atoms with Gasteiger partial charge in [-0.1, -0.05) is 0 Å². The molecule has 0 radical (unpaired) electrons. The summed E-state index contributed by atoms with van der Waals surface area (Å²) in [6, 6.07) is 0.500. The van der Waals surface area contributed by atoms with Crippen LogP contribution in [-0.4, -0.2) is 71.8 Å². The van der Waals surface area contributed by atoms with Crippen LogP contribution >= 0.6 is 24.8 Å². The summed E-state index contributed by atoms with van der Waals surface area (Å²) < 4.78 is 0. The Labute approximate surface area is 133 Å². The van der Waals surface area contributed by atoms with E-state index in [9.17, 15) is 15.3 Å². The molecule has 20 heavy (non-hydrogen) atoms. The summed E-state index contributed by atoms with van der Waals surface area (Å²) >= 11 is 0. The number of hydrogen-bond donors (Lipinski definition) is 4. The Bertz CT molecular complexity index is 266. The Balaban J connectivity index is 0.00000180. The van der Waals surface area contributed by atoms with Gasteiger partial charge >= 0.3 is 0 Å². The van der Waals surface area contributed by atoms with E-state index in [1.807, 2.05) is 0 Å². The monoisotopic (exact) mass is 330 g/mol. The average molecular weight is 331 g/mol. The van der Waals surface area contributed by atoms with E-state index in [2.05, 4.69) is 17.3 Å². The number of likely N-dealkylation sites (tertiary alicyclic amines) is 1. The van der Waals surface area contributed by atoms with Crippen molar-refractivity contribution in [1.29, 1.82) is 0 Å². The third kappa shape index (κ3) is 4.98. The second-order valence-electron chi connectivity index (χ2n) is 6.16. The molecule has 1 heterocycles. The molecule has 4 N–H and O–H groups in total. The molecule has 0 aromatic carbocycles. The molecular formula is C13H28Cl2N2O3. The van der Waals surface area contributed by atoms with E-state index < -0.39 is 12.2 Å². The van der Waals surface area contributed by atoms with Gasteiger partial charge in [-0.3, -0.25) is 0 Å². The van der Waals surface area contributed by atoms with Gasteiger partial charge in [-0.25, -0.2) is 0 Å². The highest BCUT2D eigenvalue weighted by atomic mass is 35.5. The van der Waals surface area contributed by atoms with Crippen LogP contribution < -0.4 is 5.32 Å². The van der Waals surface area contributed by atoms with Gasteiger partial charge in [0.2, 0.25) is 0 Å². The first kappa shape index (κ1) is 20.4. The Morgan fingerprint density at radius 1 is 1.10 bits per heavy atom. The molecule has 122 valence electrons. The molecule has 5 nitrogen and oxygen atoms in total. The standard InChI is InChI=1S/C13H26N2O3.2ClH/c1-15-4-2-10(3-5-15)14-8-13(9-16)6-11(17)12(18)7-13;;/h10-12,14,16-18H,2-9H2,1H3;2*1H/t11-,12+,13?;;. The summed E-state index contributed by atoms with van der Waals surface area (Å²) in [5.74, 6) is 0. The van der Waals surface area contributed by atoms with Crippen LogP contribution in [0.25, 0.3) is 0 Å². The molecule has 0 aromatic heterocycles. The predicted molar refractivity (Wildman–Crippen MR) is 83.8 cm³/mol. The van der Waals surface area contributed by atoms with Crippen molar-refractivity contribution in [1.82, 2.24) is 10.2 Å². The van der Waals surface area contributed by atoms with Crippen molar-refractivity contribution in [3.63, 3.8) is 0 Å². The lowest BCUT2D eigenvalue weighted by molar-refractivity contribution is 0.0438. The minimum absolute atomic E-state index is 0. The Morgan fingerprint density at radius 2 is 1.60 bits per heavy atom. The summed E-state index contributed by atoms with van der Waals surface area (Å²) in [5, 5.41) is 32.3. The van der Waals surface area contributed by atoms with E-state index in [0.717, 1.165) is 25.9 Å². The average Bonchev–Trinajstić information content (AvgIpc) is 2.65. The van der Waals surface area contributed by atoms with Crippen molar-refractivity contribution in [2.75, 3.05) is 33.3 Å². The molecule has 0 aromatic rings.